The van der Waals surface area contributed by atoms with Crippen molar-refractivity contribution in [2.24, 2.45) is 0 Å². The first kappa shape index (κ1) is 14.2. The predicted molar refractivity (Wildman–Crippen MR) is 84.9 cm³/mol. The van der Waals surface area contributed by atoms with E-state index in [1.54, 1.807) is 12.1 Å². The van der Waals surface area contributed by atoms with Crippen molar-refractivity contribution in [2.75, 3.05) is 5.73 Å². The van der Waals surface area contributed by atoms with Crippen molar-refractivity contribution < 1.29 is 8.91 Å². The smallest absolute Gasteiger partial charge is 0.258 e. The second-order valence-corrected chi connectivity index (χ2v) is 5.99. The average Bonchev–Trinajstić information content (AvgIpc) is 2.91. The summed E-state index contributed by atoms with van der Waals surface area (Å²) in [4.78, 5) is 4.31. The maximum absolute atomic E-state index is 13.1. The predicted octanol–water partition coefficient (Wildman–Crippen LogP) is 4.65. The van der Waals surface area contributed by atoms with E-state index in [1.807, 2.05) is 12.1 Å². The first-order chi connectivity index (χ1) is 10.0. The highest BCUT2D eigenvalue weighted by Gasteiger charge is 2.14. The zero-order chi connectivity index (χ0) is 15.0. The maximum Gasteiger partial charge on any atom is 0.258 e. The number of anilines is 1. The summed E-state index contributed by atoms with van der Waals surface area (Å²) in [7, 11) is 0. The molecular weight excluding hydrogens is 405 g/mol. The molecule has 3 rings (SSSR count). The van der Waals surface area contributed by atoms with Gasteiger partial charge in [0.1, 0.15) is 5.82 Å². The topological polar surface area (TPSA) is 64.9 Å². The SMILES string of the molecule is Nc1cc(-c2nc(-c3ccc(F)cc3Br)no2)ccc1Br. The molecule has 0 aliphatic carbocycles. The Morgan fingerprint density at radius 3 is 2.57 bits per heavy atom. The van der Waals surface area contributed by atoms with Gasteiger partial charge in [-0.1, -0.05) is 5.16 Å². The van der Waals surface area contributed by atoms with Crippen molar-refractivity contribution in [1.29, 1.82) is 0 Å². The molecule has 2 N–H and O–H groups in total. The fourth-order valence-electron chi connectivity index (χ4n) is 1.80. The Bertz CT molecular complexity index is 820. The standard InChI is InChI=1S/C14H8Br2FN3O/c15-10-4-1-7(5-12(10)18)14-19-13(20-21-14)9-3-2-8(17)6-11(9)16/h1-6H,18H2. The number of rotatable bonds is 2. The van der Waals surface area contributed by atoms with Crippen molar-refractivity contribution in [3.05, 3.63) is 51.2 Å². The van der Waals surface area contributed by atoms with E-state index in [9.17, 15) is 4.39 Å². The molecule has 0 fully saturated rings. The van der Waals surface area contributed by atoms with Gasteiger partial charge in [0.05, 0.1) is 0 Å². The van der Waals surface area contributed by atoms with E-state index < -0.39 is 0 Å². The minimum absolute atomic E-state index is 0.338. The number of hydrogen-bond acceptors (Lipinski definition) is 4. The van der Waals surface area contributed by atoms with Crippen LogP contribution >= 0.6 is 31.9 Å². The van der Waals surface area contributed by atoms with E-state index in [-0.39, 0.29) is 5.82 Å². The van der Waals surface area contributed by atoms with Crippen molar-refractivity contribution in [3.63, 3.8) is 0 Å². The molecule has 2 aromatic carbocycles. The number of aromatic nitrogens is 2. The lowest BCUT2D eigenvalue weighted by molar-refractivity contribution is 0.432. The fraction of sp³-hybridized carbons (Fsp3) is 0. The van der Waals surface area contributed by atoms with E-state index in [4.69, 9.17) is 10.3 Å². The second-order valence-electron chi connectivity index (χ2n) is 4.28. The molecule has 0 aliphatic heterocycles. The number of nitrogens with zero attached hydrogens (tertiary/aromatic N) is 2. The molecule has 0 radical (unpaired) electrons. The van der Waals surface area contributed by atoms with Crippen LogP contribution in [0.4, 0.5) is 10.1 Å². The Morgan fingerprint density at radius 2 is 1.86 bits per heavy atom. The summed E-state index contributed by atoms with van der Waals surface area (Å²) >= 11 is 6.61. The molecule has 4 nitrogen and oxygen atoms in total. The van der Waals surface area contributed by atoms with Gasteiger partial charge in [-0.2, -0.15) is 4.98 Å². The highest BCUT2D eigenvalue weighted by Crippen LogP contribution is 2.30. The maximum atomic E-state index is 13.1. The van der Waals surface area contributed by atoms with Gasteiger partial charge >= 0.3 is 0 Å². The van der Waals surface area contributed by atoms with Crippen LogP contribution in [0.3, 0.4) is 0 Å². The fourth-order valence-corrected chi connectivity index (χ4v) is 2.57. The number of hydrogen-bond donors (Lipinski definition) is 1. The monoisotopic (exact) mass is 411 g/mol. The normalized spacial score (nSPS) is 10.8. The minimum atomic E-state index is -0.338. The third kappa shape index (κ3) is 2.84. The minimum Gasteiger partial charge on any atom is -0.398 e. The van der Waals surface area contributed by atoms with Crippen molar-refractivity contribution in [1.82, 2.24) is 10.1 Å². The van der Waals surface area contributed by atoms with Crippen molar-refractivity contribution in [2.45, 2.75) is 0 Å². The van der Waals surface area contributed by atoms with E-state index >= 15 is 0 Å². The molecule has 1 heterocycles. The van der Waals surface area contributed by atoms with E-state index in [1.165, 1.54) is 12.1 Å². The van der Waals surface area contributed by atoms with Gasteiger partial charge in [-0.25, -0.2) is 4.39 Å². The Kier molecular flexibility index (Phi) is 3.77. The molecule has 0 unspecified atom stereocenters. The Labute approximate surface area is 136 Å². The number of nitrogens with two attached hydrogens (primary N) is 1. The number of nitrogen functional groups attached to an aromatic ring is 1. The highest BCUT2D eigenvalue weighted by molar-refractivity contribution is 9.11. The Balaban J connectivity index is 2.01. The third-order valence-electron chi connectivity index (χ3n) is 2.84. The molecule has 0 saturated carbocycles. The molecular formula is C14H8Br2FN3O. The van der Waals surface area contributed by atoms with Crippen LogP contribution in [-0.2, 0) is 0 Å². The van der Waals surface area contributed by atoms with Crippen LogP contribution in [0.1, 0.15) is 0 Å². The second kappa shape index (κ2) is 5.57. The van der Waals surface area contributed by atoms with Gasteiger partial charge in [0, 0.05) is 25.8 Å². The molecule has 0 aliphatic rings. The zero-order valence-corrected chi connectivity index (χ0v) is 13.7. The molecule has 0 spiro atoms. The lowest BCUT2D eigenvalue weighted by atomic mass is 10.2. The molecule has 21 heavy (non-hydrogen) atoms. The van der Waals surface area contributed by atoms with E-state index in [2.05, 4.69) is 42.0 Å². The van der Waals surface area contributed by atoms with Gasteiger partial charge < -0.3 is 10.3 Å². The summed E-state index contributed by atoms with van der Waals surface area (Å²) in [5.41, 5.74) is 7.77. The number of benzene rings is 2. The Morgan fingerprint density at radius 1 is 1.05 bits per heavy atom. The van der Waals surface area contributed by atoms with Gasteiger partial charge in [-0.05, 0) is 68.3 Å². The summed E-state index contributed by atoms with van der Waals surface area (Å²) < 4.78 is 19.7. The van der Waals surface area contributed by atoms with Gasteiger partial charge in [0.15, 0.2) is 0 Å². The molecule has 0 saturated heterocycles. The largest absolute Gasteiger partial charge is 0.398 e. The van der Waals surface area contributed by atoms with Crippen molar-refractivity contribution in [3.8, 4) is 22.8 Å². The molecule has 106 valence electrons. The number of halogens is 3. The quantitative estimate of drug-likeness (QED) is 0.622. The third-order valence-corrected chi connectivity index (χ3v) is 4.22. The summed E-state index contributed by atoms with van der Waals surface area (Å²) in [6.45, 7) is 0. The molecule has 1 aromatic heterocycles. The zero-order valence-electron chi connectivity index (χ0n) is 10.5. The molecule has 0 bridgehead atoms. The van der Waals surface area contributed by atoms with Crippen LogP contribution < -0.4 is 5.73 Å². The lowest BCUT2D eigenvalue weighted by Crippen LogP contribution is -1.88. The van der Waals surface area contributed by atoms with E-state index in [0.29, 0.717) is 33.0 Å². The summed E-state index contributed by atoms with van der Waals surface area (Å²) in [5.74, 6) is 0.383. The van der Waals surface area contributed by atoms with Crippen LogP contribution in [0.5, 0.6) is 0 Å². The van der Waals surface area contributed by atoms with Gasteiger partial charge in [0.25, 0.3) is 5.89 Å². The van der Waals surface area contributed by atoms with Gasteiger partial charge in [-0.15, -0.1) is 0 Å². The molecule has 0 amide bonds. The van der Waals surface area contributed by atoms with Crippen LogP contribution in [-0.4, -0.2) is 10.1 Å². The lowest BCUT2D eigenvalue weighted by Gasteiger charge is -1.99. The Hall–Kier alpha value is -1.73. The van der Waals surface area contributed by atoms with Gasteiger partial charge in [0.2, 0.25) is 5.82 Å². The van der Waals surface area contributed by atoms with Crippen LogP contribution in [0.25, 0.3) is 22.8 Å². The van der Waals surface area contributed by atoms with Crippen LogP contribution in [0.15, 0.2) is 49.9 Å². The first-order valence-electron chi connectivity index (χ1n) is 5.89. The molecule has 7 heteroatoms. The average molecular weight is 413 g/mol. The van der Waals surface area contributed by atoms with Crippen molar-refractivity contribution >= 4 is 37.5 Å². The summed E-state index contributed by atoms with van der Waals surface area (Å²) in [5, 5.41) is 3.91. The van der Waals surface area contributed by atoms with Crippen LogP contribution in [0, 0.1) is 5.82 Å². The summed E-state index contributed by atoms with van der Waals surface area (Å²) in [6.07, 6.45) is 0. The first-order valence-corrected chi connectivity index (χ1v) is 7.48. The van der Waals surface area contributed by atoms with Crippen LogP contribution in [0.2, 0.25) is 0 Å². The highest BCUT2D eigenvalue weighted by atomic mass is 79.9. The van der Waals surface area contributed by atoms with Gasteiger partial charge in [-0.3, -0.25) is 0 Å². The molecule has 3 aromatic rings. The van der Waals surface area contributed by atoms with E-state index in [0.717, 1.165) is 4.47 Å². The summed E-state index contributed by atoms with van der Waals surface area (Å²) in [6, 6.07) is 9.64. The molecule has 0 atom stereocenters.